The van der Waals surface area contributed by atoms with Crippen LogP contribution in [0.4, 0.5) is 11.4 Å². The maximum atomic E-state index is 12.4. The highest BCUT2D eigenvalue weighted by atomic mass is 16.1. The maximum absolute atomic E-state index is 12.4. The molecule has 2 heterocycles. The molecule has 6 nitrogen and oxygen atoms in total. The molecule has 2 unspecified atom stereocenters. The summed E-state index contributed by atoms with van der Waals surface area (Å²) in [6.07, 6.45) is 8.22. The number of nitrogens with two attached hydrogens (primary N) is 1. The molecule has 3 N–H and O–H groups in total. The van der Waals surface area contributed by atoms with E-state index in [1.807, 2.05) is 43.7 Å². The Bertz CT molecular complexity index is 925. The first-order chi connectivity index (χ1) is 12.0. The van der Waals surface area contributed by atoms with Gasteiger partial charge < -0.3 is 20.5 Å². The average Bonchev–Trinajstić information content (AvgIpc) is 3.42. The van der Waals surface area contributed by atoms with Gasteiger partial charge in [0.05, 0.1) is 11.6 Å². The minimum absolute atomic E-state index is 0.0256. The fourth-order valence-corrected chi connectivity index (χ4v) is 3.52. The Morgan fingerprint density at radius 2 is 2.08 bits per heavy atom. The molecule has 130 valence electrons. The quantitative estimate of drug-likeness (QED) is 0.839. The lowest BCUT2D eigenvalue weighted by Crippen LogP contribution is -2.44. The van der Waals surface area contributed by atoms with Gasteiger partial charge in [0.2, 0.25) is 0 Å². The van der Waals surface area contributed by atoms with Crippen molar-refractivity contribution in [1.82, 2.24) is 9.47 Å². The number of nitrogens with one attached hydrogen (secondary N) is 1. The number of anilines is 2. The van der Waals surface area contributed by atoms with Crippen molar-refractivity contribution >= 4 is 28.5 Å². The minimum Gasteiger partial charge on any atom is -0.399 e. The average molecular weight is 337 g/mol. The van der Waals surface area contributed by atoms with Crippen molar-refractivity contribution in [3.05, 3.63) is 46.9 Å². The van der Waals surface area contributed by atoms with Gasteiger partial charge in [0.25, 0.3) is 5.56 Å². The summed E-state index contributed by atoms with van der Waals surface area (Å²) in [5.74, 6) is 0.566. The van der Waals surface area contributed by atoms with E-state index < -0.39 is 0 Å². The number of pyridine rings is 1. The van der Waals surface area contributed by atoms with E-state index in [0.29, 0.717) is 11.6 Å². The number of aliphatic imine (C=N–C) groups is 1. The highest BCUT2D eigenvalue weighted by Crippen LogP contribution is 2.38. The van der Waals surface area contributed by atoms with Gasteiger partial charge in [-0.3, -0.25) is 9.79 Å². The molecule has 2 aromatic rings. The first kappa shape index (κ1) is 15.7. The summed E-state index contributed by atoms with van der Waals surface area (Å²) in [6.45, 7) is 0. The fourth-order valence-electron chi connectivity index (χ4n) is 3.52. The summed E-state index contributed by atoms with van der Waals surface area (Å²) in [6, 6.07) is 7.47. The summed E-state index contributed by atoms with van der Waals surface area (Å²) in [7, 11) is 3.82. The number of benzene rings is 1. The number of nitrogen functional groups attached to an aromatic ring is 1. The van der Waals surface area contributed by atoms with Crippen molar-refractivity contribution in [2.75, 3.05) is 18.1 Å². The predicted octanol–water partition coefficient (Wildman–Crippen LogP) is 2.17. The molecule has 2 aliphatic rings. The molecule has 1 fully saturated rings. The zero-order valence-electron chi connectivity index (χ0n) is 14.5. The number of nitrogens with zero attached hydrogens (tertiary/aromatic N) is 3. The number of aryl methyl sites for hydroxylation is 1. The Kier molecular flexibility index (Phi) is 3.75. The van der Waals surface area contributed by atoms with Crippen LogP contribution < -0.4 is 16.6 Å². The number of allylic oxidation sites excluding steroid dienone is 1. The molecule has 0 saturated heterocycles. The van der Waals surface area contributed by atoms with Crippen molar-refractivity contribution in [3.63, 3.8) is 0 Å². The third-order valence-corrected chi connectivity index (χ3v) is 5.11. The van der Waals surface area contributed by atoms with Crippen LogP contribution in [0.15, 0.2) is 46.3 Å². The molecular weight excluding hydrogens is 314 g/mol. The third kappa shape index (κ3) is 2.88. The largest absolute Gasteiger partial charge is 0.399 e. The van der Waals surface area contributed by atoms with Gasteiger partial charge in [-0.2, -0.15) is 0 Å². The highest BCUT2D eigenvalue weighted by Gasteiger charge is 2.38. The van der Waals surface area contributed by atoms with Crippen molar-refractivity contribution in [1.29, 1.82) is 0 Å². The second kappa shape index (κ2) is 5.95. The van der Waals surface area contributed by atoms with E-state index in [1.54, 1.807) is 17.7 Å². The molecule has 1 aromatic heterocycles. The van der Waals surface area contributed by atoms with Crippen LogP contribution in [0, 0.1) is 5.92 Å². The fraction of sp³-hybridized carbons (Fsp3) is 0.368. The van der Waals surface area contributed by atoms with E-state index in [4.69, 9.17) is 5.73 Å². The molecule has 1 aliphatic carbocycles. The summed E-state index contributed by atoms with van der Waals surface area (Å²) in [4.78, 5) is 19.2. The molecule has 1 saturated carbocycles. The SMILES string of the molecule is CN1C=CC=NC1C(Nc1cc(=O)n(C)c2ccc(N)cc12)C1CC1. The van der Waals surface area contributed by atoms with Crippen LogP contribution in [-0.2, 0) is 7.05 Å². The van der Waals surface area contributed by atoms with E-state index in [2.05, 4.69) is 15.2 Å². The number of likely N-dealkylation sites (N-methyl/N-ethyl adjacent to an activating group) is 1. The molecule has 1 aromatic carbocycles. The van der Waals surface area contributed by atoms with Crippen molar-refractivity contribution in [2.24, 2.45) is 18.0 Å². The summed E-state index contributed by atoms with van der Waals surface area (Å²) in [5.41, 5.74) is 8.36. The lowest BCUT2D eigenvalue weighted by Gasteiger charge is -2.34. The van der Waals surface area contributed by atoms with Crippen molar-refractivity contribution in [3.8, 4) is 0 Å². The monoisotopic (exact) mass is 337 g/mol. The van der Waals surface area contributed by atoms with Crippen LogP contribution in [0.3, 0.4) is 0 Å². The lowest BCUT2D eigenvalue weighted by molar-refractivity contribution is 0.285. The number of rotatable bonds is 4. The zero-order valence-corrected chi connectivity index (χ0v) is 14.5. The van der Waals surface area contributed by atoms with Gasteiger partial charge >= 0.3 is 0 Å². The van der Waals surface area contributed by atoms with E-state index in [9.17, 15) is 4.79 Å². The predicted molar refractivity (Wildman–Crippen MR) is 103 cm³/mol. The highest BCUT2D eigenvalue weighted by molar-refractivity contribution is 5.93. The number of hydrogen-bond donors (Lipinski definition) is 2. The van der Waals surface area contributed by atoms with Crippen LogP contribution in [0.1, 0.15) is 12.8 Å². The van der Waals surface area contributed by atoms with Gasteiger partial charge in [0.1, 0.15) is 6.17 Å². The van der Waals surface area contributed by atoms with E-state index >= 15 is 0 Å². The van der Waals surface area contributed by atoms with Gasteiger partial charge in [-0.05, 0) is 43.0 Å². The van der Waals surface area contributed by atoms with Crippen LogP contribution in [0.25, 0.3) is 10.9 Å². The summed E-state index contributed by atoms with van der Waals surface area (Å²) < 4.78 is 1.65. The Morgan fingerprint density at radius 1 is 1.28 bits per heavy atom. The van der Waals surface area contributed by atoms with E-state index in [-0.39, 0.29) is 17.8 Å². The molecule has 0 amide bonds. The molecule has 4 rings (SSSR count). The molecular formula is C19H23N5O. The topological polar surface area (TPSA) is 75.7 Å². The van der Waals surface area contributed by atoms with Crippen LogP contribution >= 0.6 is 0 Å². The van der Waals surface area contributed by atoms with Crippen LogP contribution in [-0.4, -0.2) is 34.9 Å². The molecule has 0 spiro atoms. The van der Waals surface area contributed by atoms with Gasteiger partial charge in [-0.1, -0.05) is 0 Å². The van der Waals surface area contributed by atoms with E-state index in [0.717, 1.165) is 16.6 Å². The molecule has 0 radical (unpaired) electrons. The zero-order chi connectivity index (χ0) is 17.6. The number of hydrogen-bond acceptors (Lipinski definition) is 5. The third-order valence-electron chi connectivity index (χ3n) is 5.11. The van der Waals surface area contributed by atoms with Crippen molar-refractivity contribution in [2.45, 2.75) is 25.0 Å². The smallest absolute Gasteiger partial charge is 0.252 e. The number of fused-ring (bicyclic) bond motifs is 1. The normalized spacial score (nSPS) is 20.9. The van der Waals surface area contributed by atoms with Gasteiger partial charge in [0, 0.05) is 49.3 Å². The summed E-state index contributed by atoms with van der Waals surface area (Å²) >= 11 is 0. The molecule has 25 heavy (non-hydrogen) atoms. The Balaban J connectivity index is 1.77. The van der Waals surface area contributed by atoms with Gasteiger partial charge in [-0.25, -0.2) is 0 Å². The van der Waals surface area contributed by atoms with Gasteiger partial charge in [0.15, 0.2) is 0 Å². The standard InChI is InChI=1S/C19H23N5O/c1-23-9-3-8-21-19(23)18(12-4-5-12)22-15-11-17(25)24(2)16-7-6-13(20)10-14(15)16/h3,6-12,18-19,22H,4-5,20H2,1-2H3. The Morgan fingerprint density at radius 3 is 2.80 bits per heavy atom. The van der Waals surface area contributed by atoms with Crippen LogP contribution in [0.2, 0.25) is 0 Å². The Labute approximate surface area is 146 Å². The minimum atomic E-state index is -0.0327. The lowest BCUT2D eigenvalue weighted by atomic mass is 10.1. The molecule has 0 bridgehead atoms. The molecule has 6 heteroatoms. The van der Waals surface area contributed by atoms with Crippen LogP contribution in [0.5, 0.6) is 0 Å². The first-order valence-corrected chi connectivity index (χ1v) is 8.62. The van der Waals surface area contributed by atoms with Crippen molar-refractivity contribution < 1.29 is 0 Å². The van der Waals surface area contributed by atoms with Gasteiger partial charge in [-0.15, -0.1) is 0 Å². The second-order valence-corrected chi connectivity index (χ2v) is 6.96. The first-order valence-electron chi connectivity index (χ1n) is 8.62. The Hall–Kier alpha value is -2.76. The number of aromatic nitrogens is 1. The molecule has 2 atom stereocenters. The molecule has 1 aliphatic heterocycles. The van der Waals surface area contributed by atoms with E-state index in [1.165, 1.54) is 12.8 Å². The summed E-state index contributed by atoms with van der Waals surface area (Å²) in [5, 5.41) is 4.58. The maximum Gasteiger partial charge on any atom is 0.252 e. The second-order valence-electron chi connectivity index (χ2n) is 6.96.